The molecule has 0 unspecified atom stereocenters. The zero-order chi connectivity index (χ0) is 19.8. The molecule has 0 spiro atoms. The minimum absolute atomic E-state index is 0.165. The van der Waals surface area contributed by atoms with Gasteiger partial charge >= 0.3 is 0 Å². The predicted molar refractivity (Wildman–Crippen MR) is 104 cm³/mol. The number of hydrogen-bond acceptors (Lipinski definition) is 3. The Morgan fingerprint density at radius 3 is 2.67 bits per heavy atom. The van der Waals surface area contributed by atoms with Gasteiger partial charge < -0.3 is 15.0 Å². The number of carbonyl (C=O) groups excluding carboxylic acids is 2. The zero-order valence-electron chi connectivity index (χ0n) is 14.7. The number of hydrogen-bond donors (Lipinski definition) is 1. The van der Waals surface area contributed by atoms with Gasteiger partial charge in [-0.1, -0.05) is 36.2 Å². The first-order valence-corrected chi connectivity index (χ1v) is 9.05. The van der Waals surface area contributed by atoms with Gasteiger partial charge in [-0.15, -0.1) is 0 Å². The van der Waals surface area contributed by atoms with Crippen molar-refractivity contribution in [2.24, 2.45) is 0 Å². The molecule has 2 aromatic carbocycles. The van der Waals surface area contributed by atoms with E-state index in [2.05, 4.69) is 5.32 Å². The molecule has 0 aromatic heterocycles. The maximum Gasteiger partial charge on any atom is 0.260 e. The van der Waals surface area contributed by atoms with E-state index >= 15 is 0 Å². The summed E-state index contributed by atoms with van der Waals surface area (Å²) in [5.74, 6) is -1.00. The molecule has 0 aliphatic rings. The summed E-state index contributed by atoms with van der Waals surface area (Å²) >= 11 is 11.9. The van der Waals surface area contributed by atoms with Crippen LogP contribution in [0.25, 0.3) is 0 Å². The smallest absolute Gasteiger partial charge is 0.260 e. The molecular formula is C19H19Cl2FN2O3. The molecule has 8 heteroatoms. The molecule has 27 heavy (non-hydrogen) atoms. The Labute approximate surface area is 167 Å². The summed E-state index contributed by atoms with van der Waals surface area (Å²) in [4.78, 5) is 26.0. The van der Waals surface area contributed by atoms with E-state index in [1.807, 2.05) is 6.92 Å². The van der Waals surface area contributed by atoms with Crippen LogP contribution in [-0.4, -0.2) is 36.4 Å². The third-order valence-corrected chi connectivity index (χ3v) is 4.11. The zero-order valence-corrected chi connectivity index (χ0v) is 16.2. The first kappa shape index (κ1) is 21.0. The highest BCUT2D eigenvalue weighted by molar-refractivity contribution is 6.35. The normalized spacial score (nSPS) is 10.4. The first-order valence-electron chi connectivity index (χ1n) is 8.30. The molecule has 0 heterocycles. The average molecular weight is 413 g/mol. The fraction of sp³-hybridized carbons (Fsp3) is 0.263. The maximum atomic E-state index is 13.2. The Morgan fingerprint density at radius 1 is 1.19 bits per heavy atom. The molecule has 0 radical (unpaired) electrons. The number of halogens is 3. The Kier molecular flexibility index (Phi) is 7.88. The fourth-order valence-corrected chi connectivity index (χ4v) is 2.65. The molecule has 2 amide bonds. The highest BCUT2D eigenvalue weighted by Crippen LogP contribution is 2.25. The summed E-state index contributed by atoms with van der Waals surface area (Å²) < 4.78 is 18.5. The molecule has 0 aliphatic carbocycles. The van der Waals surface area contributed by atoms with E-state index in [9.17, 15) is 14.0 Å². The number of ether oxygens (including phenoxy) is 1. The topological polar surface area (TPSA) is 58.6 Å². The first-order chi connectivity index (χ1) is 12.9. The average Bonchev–Trinajstić information content (AvgIpc) is 2.62. The Morgan fingerprint density at radius 2 is 1.96 bits per heavy atom. The lowest BCUT2D eigenvalue weighted by Gasteiger charge is -2.22. The molecule has 0 aliphatic heterocycles. The van der Waals surface area contributed by atoms with Gasteiger partial charge in [0.25, 0.3) is 5.91 Å². The van der Waals surface area contributed by atoms with E-state index in [0.717, 1.165) is 0 Å². The molecule has 144 valence electrons. The van der Waals surface area contributed by atoms with Crippen molar-refractivity contribution in [3.05, 3.63) is 58.3 Å². The second-order valence-electron chi connectivity index (χ2n) is 5.73. The van der Waals surface area contributed by atoms with Crippen LogP contribution in [0.5, 0.6) is 5.75 Å². The van der Waals surface area contributed by atoms with Crippen molar-refractivity contribution in [2.75, 3.05) is 25.0 Å². The van der Waals surface area contributed by atoms with Gasteiger partial charge in [0.05, 0.1) is 17.3 Å². The molecule has 2 aromatic rings. The fourth-order valence-electron chi connectivity index (χ4n) is 2.31. The van der Waals surface area contributed by atoms with Crippen LogP contribution in [0.4, 0.5) is 10.1 Å². The summed E-state index contributed by atoms with van der Waals surface area (Å²) in [5.41, 5.74) is 0.370. The van der Waals surface area contributed by atoms with Gasteiger partial charge in [0.15, 0.2) is 6.61 Å². The van der Waals surface area contributed by atoms with Gasteiger partial charge in [-0.3, -0.25) is 9.59 Å². The molecule has 0 saturated heterocycles. The number of nitrogens with zero attached hydrogens (tertiary/aromatic N) is 1. The van der Waals surface area contributed by atoms with Crippen molar-refractivity contribution in [2.45, 2.75) is 13.3 Å². The summed E-state index contributed by atoms with van der Waals surface area (Å²) in [6, 6.07) is 10.2. The second-order valence-corrected chi connectivity index (χ2v) is 6.58. The van der Waals surface area contributed by atoms with Crippen molar-refractivity contribution in [1.29, 1.82) is 0 Å². The number of nitrogens with one attached hydrogen (secondary N) is 1. The van der Waals surface area contributed by atoms with E-state index in [1.54, 1.807) is 18.2 Å². The summed E-state index contributed by atoms with van der Waals surface area (Å²) in [6.45, 7) is 1.80. The lowest BCUT2D eigenvalue weighted by atomic mass is 10.3. The van der Waals surface area contributed by atoms with Crippen molar-refractivity contribution >= 4 is 40.7 Å². The van der Waals surface area contributed by atoms with E-state index in [-0.39, 0.29) is 24.8 Å². The number of amides is 2. The van der Waals surface area contributed by atoms with E-state index in [4.69, 9.17) is 27.9 Å². The van der Waals surface area contributed by atoms with Crippen LogP contribution in [0.3, 0.4) is 0 Å². The van der Waals surface area contributed by atoms with E-state index in [1.165, 1.54) is 29.2 Å². The molecule has 0 fully saturated rings. The van der Waals surface area contributed by atoms with Crippen LogP contribution in [0.15, 0.2) is 42.5 Å². The lowest BCUT2D eigenvalue weighted by Crippen LogP contribution is -2.41. The van der Waals surface area contributed by atoms with Crippen LogP contribution in [0, 0.1) is 5.82 Å². The Hall–Kier alpha value is -2.31. The molecule has 0 bridgehead atoms. The van der Waals surface area contributed by atoms with Gasteiger partial charge in [0.2, 0.25) is 5.91 Å². The summed E-state index contributed by atoms with van der Waals surface area (Å²) in [6.07, 6.45) is 0.664. The Bertz CT molecular complexity index is 817. The van der Waals surface area contributed by atoms with Gasteiger partial charge in [-0.25, -0.2) is 4.39 Å². The van der Waals surface area contributed by atoms with Crippen molar-refractivity contribution < 1.29 is 18.7 Å². The molecule has 0 atom stereocenters. The van der Waals surface area contributed by atoms with Gasteiger partial charge in [0.1, 0.15) is 11.6 Å². The van der Waals surface area contributed by atoms with Crippen molar-refractivity contribution in [3.63, 3.8) is 0 Å². The highest BCUT2D eigenvalue weighted by Gasteiger charge is 2.18. The molecular weight excluding hydrogens is 394 g/mol. The molecule has 5 nitrogen and oxygen atoms in total. The molecule has 2 rings (SSSR count). The van der Waals surface area contributed by atoms with Gasteiger partial charge in [0, 0.05) is 17.6 Å². The summed E-state index contributed by atoms with van der Waals surface area (Å²) in [7, 11) is 0. The quantitative estimate of drug-likeness (QED) is 0.699. The van der Waals surface area contributed by atoms with E-state index in [0.29, 0.717) is 28.7 Å². The van der Waals surface area contributed by atoms with Crippen LogP contribution >= 0.6 is 23.2 Å². The van der Waals surface area contributed by atoms with Crippen LogP contribution in [0.1, 0.15) is 13.3 Å². The Balaban J connectivity index is 1.95. The minimum Gasteiger partial charge on any atom is -0.484 e. The summed E-state index contributed by atoms with van der Waals surface area (Å²) in [5, 5.41) is 3.41. The van der Waals surface area contributed by atoms with E-state index < -0.39 is 11.7 Å². The van der Waals surface area contributed by atoms with Gasteiger partial charge in [-0.05, 0) is 36.8 Å². The molecule has 1 N–H and O–H groups in total. The van der Waals surface area contributed by atoms with Crippen molar-refractivity contribution in [1.82, 2.24) is 4.90 Å². The standard InChI is InChI=1S/C19H19Cl2FN2O3/c1-2-8-24(19(26)12-27-15-5-3-4-14(22)10-15)11-18(25)23-17-9-13(20)6-7-16(17)21/h3-7,9-10H,2,8,11-12H2,1H3,(H,23,25). The largest absolute Gasteiger partial charge is 0.484 e. The lowest BCUT2D eigenvalue weighted by molar-refractivity contribution is -0.136. The monoisotopic (exact) mass is 412 g/mol. The molecule has 0 saturated carbocycles. The maximum absolute atomic E-state index is 13.2. The highest BCUT2D eigenvalue weighted by atomic mass is 35.5. The van der Waals surface area contributed by atoms with Crippen LogP contribution in [0.2, 0.25) is 10.0 Å². The minimum atomic E-state index is -0.455. The van der Waals surface area contributed by atoms with Crippen molar-refractivity contribution in [3.8, 4) is 5.75 Å². The predicted octanol–water partition coefficient (Wildman–Crippen LogP) is 4.39. The van der Waals surface area contributed by atoms with Crippen LogP contribution < -0.4 is 10.1 Å². The third-order valence-electron chi connectivity index (χ3n) is 3.54. The second kappa shape index (κ2) is 10.1. The van der Waals surface area contributed by atoms with Gasteiger partial charge in [-0.2, -0.15) is 0 Å². The number of benzene rings is 2. The third kappa shape index (κ3) is 6.73. The number of anilines is 1. The number of carbonyl (C=O) groups is 2. The van der Waals surface area contributed by atoms with Crippen LogP contribution in [-0.2, 0) is 9.59 Å². The SMILES string of the molecule is CCCN(CC(=O)Nc1cc(Cl)ccc1Cl)C(=O)COc1cccc(F)c1. The number of rotatable bonds is 8.